The Hall–Kier alpha value is -3.83. The SMILES string of the molecule is COc1nc(NC2CC3(CCN3C(C)=O)C2)nn2ccc(-c3cc(F)c4nc(C)n(CC(F)F)c4c3)c12. The highest BCUT2D eigenvalue weighted by atomic mass is 19.3. The molecule has 1 amide bonds. The minimum atomic E-state index is -2.60. The monoisotopic (exact) mass is 513 g/mol. The number of ether oxygens (including phenoxy) is 1. The van der Waals surface area contributed by atoms with E-state index < -0.39 is 18.8 Å². The standard InChI is InChI=1S/C25H26F3N7O2/c1-13-29-21-18(26)8-15(9-19(21)33(13)12-20(27)28)17-4-6-35-22(17)23(37-3)31-24(32-35)30-16-10-25(11-16)5-7-34(25)14(2)36/h4,6,8-9,16,20H,5,7,10-12H2,1-3H3,(H,30,32). The molecule has 1 aliphatic carbocycles. The first-order valence-electron chi connectivity index (χ1n) is 12.1. The van der Waals surface area contributed by atoms with Gasteiger partial charge in [0.05, 0.1) is 19.2 Å². The summed E-state index contributed by atoms with van der Waals surface area (Å²) in [7, 11) is 1.49. The van der Waals surface area contributed by atoms with E-state index in [0.717, 1.165) is 25.8 Å². The summed E-state index contributed by atoms with van der Waals surface area (Å²) in [5.41, 5.74) is 1.89. The van der Waals surface area contributed by atoms with Crippen LogP contribution in [0.25, 0.3) is 27.7 Å². The molecule has 9 nitrogen and oxygen atoms in total. The molecule has 2 aliphatic rings. The van der Waals surface area contributed by atoms with Crippen molar-refractivity contribution in [3.05, 3.63) is 36.0 Å². The Bertz CT molecular complexity index is 1540. The van der Waals surface area contributed by atoms with E-state index in [2.05, 4.69) is 20.4 Å². The van der Waals surface area contributed by atoms with E-state index in [0.29, 0.717) is 39.8 Å². The van der Waals surface area contributed by atoms with Gasteiger partial charge in [0.15, 0.2) is 5.82 Å². The number of hydrogen-bond donors (Lipinski definition) is 1. The number of nitrogens with one attached hydrogen (secondary N) is 1. The number of likely N-dealkylation sites (tertiary alicyclic amines) is 1. The first-order valence-corrected chi connectivity index (χ1v) is 12.1. The summed E-state index contributed by atoms with van der Waals surface area (Å²) in [6.07, 6.45) is 1.79. The minimum absolute atomic E-state index is 0.0454. The molecule has 4 aromatic rings. The van der Waals surface area contributed by atoms with Crippen LogP contribution in [0.2, 0.25) is 0 Å². The van der Waals surface area contributed by atoms with Gasteiger partial charge in [0, 0.05) is 36.8 Å². The van der Waals surface area contributed by atoms with Gasteiger partial charge in [-0.05, 0) is 49.9 Å². The van der Waals surface area contributed by atoms with Gasteiger partial charge in [0.1, 0.15) is 16.9 Å². The Kier molecular flexibility index (Phi) is 5.32. The Morgan fingerprint density at radius 3 is 2.73 bits per heavy atom. The lowest BCUT2D eigenvalue weighted by Crippen LogP contribution is -2.70. The van der Waals surface area contributed by atoms with Crippen molar-refractivity contribution in [3.8, 4) is 17.0 Å². The molecule has 1 saturated carbocycles. The van der Waals surface area contributed by atoms with E-state index >= 15 is 4.39 Å². The fourth-order valence-corrected chi connectivity index (χ4v) is 5.85. The van der Waals surface area contributed by atoms with Gasteiger partial charge >= 0.3 is 0 Å². The zero-order valence-corrected chi connectivity index (χ0v) is 20.6. The van der Waals surface area contributed by atoms with Crippen LogP contribution in [0.5, 0.6) is 5.88 Å². The van der Waals surface area contributed by atoms with Crippen LogP contribution in [0.3, 0.4) is 0 Å². The zero-order chi connectivity index (χ0) is 26.1. The normalized spacial score (nSPS) is 21.1. The molecular weight excluding hydrogens is 487 g/mol. The van der Waals surface area contributed by atoms with Crippen LogP contribution in [0, 0.1) is 12.7 Å². The number of amides is 1. The largest absolute Gasteiger partial charge is 0.479 e. The number of alkyl halides is 2. The van der Waals surface area contributed by atoms with Crippen molar-refractivity contribution in [2.24, 2.45) is 0 Å². The molecule has 1 N–H and O–H groups in total. The Morgan fingerprint density at radius 2 is 2.08 bits per heavy atom. The smallest absolute Gasteiger partial charge is 0.256 e. The zero-order valence-electron chi connectivity index (χ0n) is 20.6. The summed E-state index contributed by atoms with van der Waals surface area (Å²) >= 11 is 0. The number of methoxy groups -OCH3 is 1. The van der Waals surface area contributed by atoms with Crippen LogP contribution in [-0.2, 0) is 11.3 Å². The van der Waals surface area contributed by atoms with Gasteiger partial charge in [-0.2, -0.15) is 4.98 Å². The van der Waals surface area contributed by atoms with E-state index in [1.807, 2.05) is 4.90 Å². The second-order valence-corrected chi connectivity index (χ2v) is 9.85. The van der Waals surface area contributed by atoms with Gasteiger partial charge < -0.3 is 19.5 Å². The number of imidazole rings is 1. The number of aromatic nitrogens is 5. The van der Waals surface area contributed by atoms with Crippen LogP contribution in [-0.4, -0.2) is 66.6 Å². The highest BCUT2D eigenvalue weighted by molar-refractivity contribution is 5.90. The van der Waals surface area contributed by atoms with Gasteiger partial charge in [0.2, 0.25) is 17.7 Å². The van der Waals surface area contributed by atoms with E-state index in [1.54, 1.807) is 36.7 Å². The Morgan fingerprint density at radius 1 is 1.30 bits per heavy atom. The number of aryl methyl sites for hydroxylation is 1. The molecule has 0 radical (unpaired) electrons. The molecule has 12 heteroatoms. The molecule has 6 rings (SSSR count). The number of anilines is 1. The predicted molar refractivity (Wildman–Crippen MR) is 130 cm³/mol. The first-order chi connectivity index (χ1) is 17.7. The number of benzene rings is 1. The number of carbonyl (C=O) groups is 1. The van der Waals surface area contributed by atoms with E-state index in [1.165, 1.54) is 17.7 Å². The fraction of sp³-hybridized carbons (Fsp3) is 0.440. The van der Waals surface area contributed by atoms with Crippen molar-refractivity contribution in [1.29, 1.82) is 0 Å². The van der Waals surface area contributed by atoms with Crippen LogP contribution in [0.1, 0.15) is 32.0 Å². The Labute approximate surface area is 210 Å². The highest BCUT2D eigenvalue weighted by Gasteiger charge is 2.55. The molecule has 0 bridgehead atoms. The van der Waals surface area contributed by atoms with Crippen molar-refractivity contribution in [2.45, 2.75) is 57.7 Å². The summed E-state index contributed by atoms with van der Waals surface area (Å²) in [4.78, 5) is 22.4. The second kappa shape index (κ2) is 8.35. The third-order valence-electron chi connectivity index (χ3n) is 7.64. The topological polar surface area (TPSA) is 89.6 Å². The maximum atomic E-state index is 15.0. The van der Waals surface area contributed by atoms with Gasteiger partial charge in [-0.15, -0.1) is 5.10 Å². The molecule has 2 fully saturated rings. The molecule has 1 aromatic carbocycles. The molecule has 4 heterocycles. The molecule has 194 valence electrons. The van der Waals surface area contributed by atoms with Crippen LogP contribution < -0.4 is 10.1 Å². The van der Waals surface area contributed by atoms with Crippen molar-refractivity contribution in [2.75, 3.05) is 19.0 Å². The molecule has 3 aromatic heterocycles. The van der Waals surface area contributed by atoms with Crippen molar-refractivity contribution in [1.82, 2.24) is 29.0 Å². The lowest BCUT2D eigenvalue weighted by Gasteiger charge is -2.61. The lowest BCUT2D eigenvalue weighted by molar-refractivity contribution is -0.154. The number of halogens is 3. The number of nitrogens with zero attached hydrogens (tertiary/aromatic N) is 6. The van der Waals surface area contributed by atoms with Gasteiger partial charge in [0.25, 0.3) is 6.43 Å². The molecule has 0 atom stereocenters. The third-order valence-corrected chi connectivity index (χ3v) is 7.64. The maximum Gasteiger partial charge on any atom is 0.256 e. The fourth-order valence-electron chi connectivity index (χ4n) is 5.85. The summed E-state index contributed by atoms with van der Waals surface area (Å²) in [6, 6.07) is 4.87. The van der Waals surface area contributed by atoms with Gasteiger partial charge in [-0.3, -0.25) is 4.79 Å². The third kappa shape index (κ3) is 3.68. The summed E-state index contributed by atoms with van der Waals surface area (Å²) in [5.74, 6) is 0.489. The van der Waals surface area contributed by atoms with Crippen LogP contribution in [0.4, 0.5) is 19.1 Å². The van der Waals surface area contributed by atoms with E-state index in [-0.39, 0.29) is 23.0 Å². The number of carbonyl (C=O) groups excluding carboxylic acids is 1. The average Bonchev–Trinajstić information content (AvgIpc) is 3.35. The molecule has 37 heavy (non-hydrogen) atoms. The summed E-state index contributed by atoms with van der Waals surface area (Å²) in [5, 5.41) is 7.90. The quantitative estimate of drug-likeness (QED) is 0.419. The molecular formula is C25H26F3N7O2. The molecule has 1 spiro atoms. The molecule has 0 unspecified atom stereocenters. The van der Waals surface area contributed by atoms with Gasteiger partial charge in [-0.25, -0.2) is 22.7 Å². The van der Waals surface area contributed by atoms with Crippen LogP contribution >= 0.6 is 0 Å². The maximum absolute atomic E-state index is 15.0. The van der Waals surface area contributed by atoms with Crippen LogP contribution in [0.15, 0.2) is 24.4 Å². The highest BCUT2D eigenvalue weighted by Crippen LogP contribution is 2.48. The minimum Gasteiger partial charge on any atom is -0.479 e. The number of rotatable bonds is 6. The lowest BCUT2D eigenvalue weighted by atomic mass is 9.64. The average molecular weight is 514 g/mol. The van der Waals surface area contributed by atoms with Crippen molar-refractivity contribution >= 4 is 28.4 Å². The van der Waals surface area contributed by atoms with Crippen molar-refractivity contribution in [3.63, 3.8) is 0 Å². The van der Waals surface area contributed by atoms with E-state index in [9.17, 15) is 13.6 Å². The first kappa shape index (κ1) is 23.6. The number of hydrogen-bond acceptors (Lipinski definition) is 6. The predicted octanol–water partition coefficient (Wildman–Crippen LogP) is 4.03. The van der Waals surface area contributed by atoms with Crippen molar-refractivity contribution < 1.29 is 22.7 Å². The summed E-state index contributed by atoms with van der Waals surface area (Å²) < 4.78 is 49.8. The molecule has 1 saturated heterocycles. The Balaban J connectivity index is 1.33. The number of fused-ring (bicyclic) bond motifs is 2. The molecule has 1 aliphatic heterocycles. The van der Waals surface area contributed by atoms with Gasteiger partial charge in [-0.1, -0.05) is 0 Å². The summed E-state index contributed by atoms with van der Waals surface area (Å²) in [6.45, 7) is 3.41. The second-order valence-electron chi connectivity index (χ2n) is 9.85. The van der Waals surface area contributed by atoms with E-state index in [4.69, 9.17) is 4.74 Å².